The molecule has 1 saturated heterocycles. The van der Waals surface area contributed by atoms with Crippen molar-refractivity contribution in [3.63, 3.8) is 0 Å². The van der Waals surface area contributed by atoms with Gasteiger partial charge in [0.25, 0.3) is 5.91 Å². The van der Waals surface area contributed by atoms with Crippen molar-refractivity contribution in [3.8, 4) is 5.88 Å². The molecule has 5 heteroatoms. The molecule has 23 heavy (non-hydrogen) atoms. The normalized spacial score (nSPS) is 15.2. The second-order valence-corrected chi connectivity index (χ2v) is 5.51. The summed E-state index contributed by atoms with van der Waals surface area (Å²) < 4.78 is 11.1. The first-order valence-corrected chi connectivity index (χ1v) is 7.77. The van der Waals surface area contributed by atoms with Crippen LogP contribution in [0, 0.1) is 0 Å². The zero-order chi connectivity index (χ0) is 16.1. The van der Waals surface area contributed by atoms with Gasteiger partial charge in [0.2, 0.25) is 5.88 Å². The van der Waals surface area contributed by atoms with E-state index in [4.69, 9.17) is 9.47 Å². The molecular formula is C18H20N2O3. The second kappa shape index (κ2) is 7.24. The summed E-state index contributed by atoms with van der Waals surface area (Å²) in [6, 6.07) is 13.0. The summed E-state index contributed by atoms with van der Waals surface area (Å²) in [7, 11) is 1.75. The molecule has 0 bridgehead atoms. The third kappa shape index (κ3) is 3.87. The standard InChI is InChI=1S/C18H20N2O3/c1-20(15-5-3-2-4-6-15)18(21)14-7-8-17(19-13-14)23-16-9-11-22-12-10-16/h2-8,13,16H,9-12H2,1H3. The molecule has 1 amide bonds. The van der Waals surface area contributed by atoms with E-state index in [2.05, 4.69) is 4.98 Å². The Bertz CT molecular complexity index is 637. The summed E-state index contributed by atoms with van der Waals surface area (Å²) in [4.78, 5) is 18.3. The molecule has 1 aromatic heterocycles. The molecule has 0 atom stereocenters. The number of amides is 1. The van der Waals surface area contributed by atoms with Crippen molar-refractivity contribution in [1.82, 2.24) is 4.98 Å². The van der Waals surface area contributed by atoms with Crippen molar-refractivity contribution >= 4 is 11.6 Å². The molecule has 2 heterocycles. The van der Waals surface area contributed by atoms with Gasteiger partial charge in [0.05, 0.1) is 18.8 Å². The predicted octanol–water partition coefficient (Wildman–Crippen LogP) is 2.92. The Balaban J connectivity index is 1.65. The van der Waals surface area contributed by atoms with Gasteiger partial charge in [-0.1, -0.05) is 18.2 Å². The lowest BCUT2D eigenvalue weighted by Gasteiger charge is -2.22. The molecule has 1 fully saturated rings. The Kier molecular flexibility index (Phi) is 4.88. The first-order chi connectivity index (χ1) is 11.2. The fraction of sp³-hybridized carbons (Fsp3) is 0.333. The number of anilines is 1. The molecule has 3 rings (SSSR count). The fourth-order valence-electron chi connectivity index (χ4n) is 2.50. The van der Waals surface area contributed by atoms with Gasteiger partial charge in [-0.05, 0) is 18.2 Å². The minimum Gasteiger partial charge on any atom is -0.474 e. The molecule has 0 aliphatic carbocycles. The first-order valence-electron chi connectivity index (χ1n) is 7.77. The number of ether oxygens (including phenoxy) is 2. The van der Waals surface area contributed by atoms with Crippen LogP contribution in [0.2, 0.25) is 0 Å². The maximum absolute atomic E-state index is 12.5. The molecule has 0 radical (unpaired) electrons. The van der Waals surface area contributed by atoms with Crippen molar-refractivity contribution in [2.24, 2.45) is 0 Å². The van der Waals surface area contributed by atoms with Gasteiger partial charge in [-0.3, -0.25) is 4.79 Å². The Morgan fingerprint density at radius 2 is 1.91 bits per heavy atom. The van der Waals surface area contributed by atoms with E-state index in [1.54, 1.807) is 30.3 Å². The Hall–Kier alpha value is -2.40. The van der Waals surface area contributed by atoms with E-state index >= 15 is 0 Å². The van der Waals surface area contributed by atoms with Gasteiger partial charge in [0, 0.05) is 37.8 Å². The Morgan fingerprint density at radius 3 is 2.57 bits per heavy atom. The summed E-state index contributed by atoms with van der Waals surface area (Å²) in [6.07, 6.45) is 3.46. The molecule has 0 spiro atoms. The smallest absolute Gasteiger partial charge is 0.259 e. The van der Waals surface area contributed by atoms with Gasteiger partial charge >= 0.3 is 0 Å². The molecule has 5 nitrogen and oxygen atoms in total. The van der Waals surface area contributed by atoms with E-state index in [1.165, 1.54) is 0 Å². The number of carbonyl (C=O) groups excluding carboxylic acids is 1. The van der Waals surface area contributed by atoms with Crippen molar-refractivity contribution in [2.45, 2.75) is 18.9 Å². The Morgan fingerprint density at radius 1 is 1.17 bits per heavy atom. The zero-order valence-corrected chi connectivity index (χ0v) is 13.1. The summed E-state index contributed by atoms with van der Waals surface area (Å²) >= 11 is 0. The lowest BCUT2D eigenvalue weighted by Crippen LogP contribution is -2.27. The van der Waals surface area contributed by atoms with Crippen LogP contribution < -0.4 is 9.64 Å². The van der Waals surface area contributed by atoms with Gasteiger partial charge in [0.1, 0.15) is 6.10 Å². The van der Waals surface area contributed by atoms with Gasteiger partial charge in [-0.25, -0.2) is 4.98 Å². The van der Waals surface area contributed by atoms with E-state index in [0.29, 0.717) is 11.4 Å². The molecule has 2 aromatic rings. The molecule has 1 aliphatic heterocycles. The Labute approximate surface area is 135 Å². The van der Waals surface area contributed by atoms with E-state index in [9.17, 15) is 4.79 Å². The lowest BCUT2D eigenvalue weighted by atomic mass is 10.1. The van der Waals surface area contributed by atoms with Crippen LogP contribution in [0.5, 0.6) is 5.88 Å². The summed E-state index contributed by atoms with van der Waals surface area (Å²) in [5.41, 5.74) is 1.38. The van der Waals surface area contributed by atoms with Crippen LogP contribution in [0.25, 0.3) is 0 Å². The van der Waals surface area contributed by atoms with Gasteiger partial charge in [0.15, 0.2) is 0 Å². The van der Waals surface area contributed by atoms with Crippen molar-refractivity contribution < 1.29 is 14.3 Å². The van der Waals surface area contributed by atoms with Gasteiger partial charge in [-0.15, -0.1) is 0 Å². The number of nitrogens with zero attached hydrogens (tertiary/aromatic N) is 2. The number of hydrogen-bond acceptors (Lipinski definition) is 4. The monoisotopic (exact) mass is 312 g/mol. The minimum absolute atomic E-state index is 0.0960. The van der Waals surface area contributed by atoms with Crippen molar-refractivity contribution in [1.29, 1.82) is 0 Å². The SMILES string of the molecule is CN(C(=O)c1ccc(OC2CCOCC2)nc1)c1ccccc1. The molecule has 1 aromatic carbocycles. The summed E-state index contributed by atoms with van der Waals surface area (Å²) in [6.45, 7) is 1.45. The summed E-state index contributed by atoms with van der Waals surface area (Å²) in [5, 5.41) is 0. The van der Waals surface area contributed by atoms with Crippen LogP contribution >= 0.6 is 0 Å². The van der Waals surface area contributed by atoms with E-state index in [0.717, 1.165) is 31.7 Å². The van der Waals surface area contributed by atoms with E-state index in [-0.39, 0.29) is 12.0 Å². The highest BCUT2D eigenvalue weighted by Gasteiger charge is 2.17. The summed E-state index contributed by atoms with van der Waals surface area (Å²) in [5.74, 6) is 0.456. The maximum Gasteiger partial charge on any atom is 0.259 e. The second-order valence-electron chi connectivity index (χ2n) is 5.51. The molecule has 0 saturated carbocycles. The van der Waals surface area contributed by atoms with Gasteiger partial charge < -0.3 is 14.4 Å². The maximum atomic E-state index is 12.5. The highest BCUT2D eigenvalue weighted by molar-refractivity contribution is 6.05. The average Bonchev–Trinajstić information content (AvgIpc) is 2.63. The number of aromatic nitrogens is 1. The quantitative estimate of drug-likeness (QED) is 0.871. The van der Waals surface area contributed by atoms with E-state index in [1.807, 2.05) is 30.3 Å². The molecule has 0 unspecified atom stereocenters. The number of rotatable bonds is 4. The highest BCUT2D eigenvalue weighted by atomic mass is 16.5. The minimum atomic E-state index is -0.0960. The average molecular weight is 312 g/mol. The topological polar surface area (TPSA) is 51.7 Å². The zero-order valence-electron chi connectivity index (χ0n) is 13.1. The van der Waals surface area contributed by atoms with Crippen LogP contribution in [0.15, 0.2) is 48.7 Å². The number of benzene rings is 1. The van der Waals surface area contributed by atoms with Gasteiger partial charge in [-0.2, -0.15) is 0 Å². The van der Waals surface area contributed by atoms with Crippen LogP contribution in [-0.2, 0) is 4.74 Å². The third-order valence-electron chi connectivity index (χ3n) is 3.89. The number of hydrogen-bond donors (Lipinski definition) is 0. The molecular weight excluding hydrogens is 292 g/mol. The number of pyridine rings is 1. The largest absolute Gasteiger partial charge is 0.474 e. The van der Waals surface area contributed by atoms with Crippen molar-refractivity contribution in [2.75, 3.05) is 25.2 Å². The van der Waals surface area contributed by atoms with Crippen LogP contribution in [-0.4, -0.2) is 37.3 Å². The fourth-order valence-corrected chi connectivity index (χ4v) is 2.50. The third-order valence-corrected chi connectivity index (χ3v) is 3.89. The van der Waals surface area contributed by atoms with E-state index < -0.39 is 0 Å². The van der Waals surface area contributed by atoms with Crippen LogP contribution in [0.4, 0.5) is 5.69 Å². The van der Waals surface area contributed by atoms with Crippen LogP contribution in [0.3, 0.4) is 0 Å². The molecule has 1 aliphatic rings. The van der Waals surface area contributed by atoms with Crippen molar-refractivity contribution in [3.05, 3.63) is 54.2 Å². The first kappa shape index (κ1) is 15.5. The number of para-hydroxylation sites is 1. The molecule has 0 N–H and O–H groups in total. The predicted molar refractivity (Wildman–Crippen MR) is 87.9 cm³/mol. The van der Waals surface area contributed by atoms with Crippen LogP contribution in [0.1, 0.15) is 23.2 Å². The lowest BCUT2D eigenvalue weighted by molar-refractivity contribution is 0.0237. The highest BCUT2D eigenvalue weighted by Crippen LogP contribution is 2.18. The number of carbonyl (C=O) groups is 1. The molecule has 120 valence electrons.